The first-order valence-electron chi connectivity index (χ1n) is 4.94. The van der Waals surface area contributed by atoms with E-state index in [1.807, 2.05) is 7.85 Å². The van der Waals surface area contributed by atoms with Crippen molar-refractivity contribution in [2.75, 3.05) is 6.16 Å². The molecule has 0 aromatic rings. The summed E-state index contributed by atoms with van der Waals surface area (Å²) >= 11 is 0. The van der Waals surface area contributed by atoms with Gasteiger partial charge in [-0.15, -0.1) is 9.24 Å². The minimum atomic E-state index is -3.54. The molecule has 0 aromatic carbocycles. The molecule has 1 aliphatic rings. The third kappa shape index (κ3) is 2.82. The molecule has 8 heteroatoms. The Bertz CT molecular complexity index is 288. The van der Waals surface area contributed by atoms with Gasteiger partial charge in [0.2, 0.25) is 0 Å². The Balaban J connectivity index is 2.81. The van der Waals surface area contributed by atoms with Crippen LogP contribution in [0.15, 0.2) is 0 Å². The molecule has 0 amide bonds. The number of hydrogen-bond donors (Lipinski definition) is 2. The van der Waals surface area contributed by atoms with Gasteiger partial charge in [-0.2, -0.15) is 0 Å². The zero-order chi connectivity index (χ0) is 11.9. The molecule has 0 radical (unpaired) electrons. The van der Waals surface area contributed by atoms with Crippen molar-refractivity contribution in [1.82, 2.24) is 0 Å². The maximum atomic E-state index is 11.5. The molecule has 6 atom stereocenters. The van der Waals surface area contributed by atoms with Gasteiger partial charge < -0.3 is 19.9 Å². The fraction of sp³-hybridized carbons (Fsp3) is 1.00. The average molecular weight is 253 g/mol. The molecule has 88 valence electrons. The largest absolute Gasteiger partial charge is 0.379 e. The summed E-state index contributed by atoms with van der Waals surface area (Å²) in [5, 5.41) is -0.813. The minimum absolute atomic E-state index is 0.0747. The second-order valence-corrected chi connectivity index (χ2v) is 7.08. The molecule has 5 nitrogen and oxygen atoms in total. The monoisotopic (exact) mass is 253 g/mol. The summed E-state index contributed by atoms with van der Waals surface area (Å²) in [5.41, 5.74) is 6.00. The summed E-state index contributed by atoms with van der Waals surface area (Å²) < 4.78 is 22.2. The molecular formula is C7H18BNO4P2. The number of nitrogens with two attached hydrogens (primary N) is 1. The fourth-order valence-corrected chi connectivity index (χ4v) is 2.97. The molecule has 15 heavy (non-hydrogen) atoms. The summed E-state index contributed by atoms with van der Waals surface area (Å²) in [6.45, 7) is 3.39. The van der Waals surface area contributed by atoms with Gasteiger partial charge in [0.1, 0.15) is 14.0 Å². The van der Waals surface area contributed by atoms with E-state index in [0.29, 0.717) is 0 Å². The molecule has 0 bridgehead atoms. The molecule has 1 saturated heterocycles. The molecule has 1 rings (SSSR count). The molecular weight excluding hydrogens is 235 g/mol. The van der Waals surface area contributed by atoms with Crippen molar-refractivity contribution in [3.05, 3.63) is 0 Å². The van der Waals surface area contributed by atoms with Crippen LogP contribution in [0.3, 0.4) is 0 Å². The first kappa shape index (κ1) is 13.6. The highest BCUT2D eigenvalue weighted by Gasteiger charge is 2.50. The van der Waals surface area contributed by atoms with Crippen molar-refractivity contribution in [2.45, 2.75) is 37.3 Å². The Morgan fingerprint density at radius 1 is 1.80 bits per heavy atom. The maximum absolute atomic E-state index is 11.5. The lowest BCUT2D eigenvalue weighted by Crippen LogP contribution is -2.51. The highest BCUT2D eigenvalue weighted by atomic mass is 31.2. The molecule has 1 heterocycles. The molecule has 0 spiro atoms. The van der Waals surface area contributed by atoms with Crippen LogP contribution in [0.25, 0.3) is 0 Å². The molecule has 0 saturated carbocycles. The van der Waals surface area contributed by atoms with E-state index in [-0.39, 0.29) is 18.3 Å². The van der Waals surface area contributed by atoms with E-state index in [1.165, 1.54) is 0 Å². The van der Waals surface area contributed by atoms with Crippen molar-refractivity contribution in [3.8, 4) is 0 Å². The van der Waals surface area contributed by atoms with Crippen molar-refractivity contribution in [1.29, 1.82) is 0 Å². The van der Waals surface area contributed by atoms with Gasteiger partial charge in [-0.25, -0.2) is 0 Å². The van der Waals surface area contributed by atoms with Crippen LogP contribution in [-0.2, 0) is 13.8 Å². The Kier molecular flexibility index (Phi) is 4.04. The summed E-state index contributed by atoms with van der Waals surface area (Å²) in [7, 11) is 0.732. The second-order valence-electron chi connectivity index (χ2n) is 3.96. The van der Waals surface area contributed by atoms with E-state index in [4.69, 9.17) is 15.0 Å². The van der Waals surface area contributed by atoms with E-state index in [0.717, 1.165) is 0 Å². The summed E-state index contributed by atoms with van der Waals surface area (Å²) in [4.78, 5) is 9.43. The van der Waals surface area contributed by atoms with E-state index >= 15 is 0 Å². The third-order valence-electron chi connectivity index (χ3n) is 2.72. The number of hydrogen-bond acceptors (Lipinski definition) is 4. The van der Waals surface area contributed by atoms with Crippen molar-refractivity contribution < 1.29 is 18.7 Å². The quantitative estimate of drug-likeness (QED) is 0.522. The number of ether oxygens (including phenoxy) is 1. The molecule has 0 aromatic heterocycles. The third-order valence-corrected chi connectivity index (χ3v) is 4.87. The van der Waals surface area contributed by atoms with Gasteiger partial charge in [0.25, 0.3) is 0 Å². The van der Waals surface area contributed by atoms with E-state index < -0.39 is 19.0 Å². The number of rotatable bonds is 3. The second kappa shape index (κ2) is 4.44. The van der Waals surface area contributed by atoms with Crippen LogP contribution in [-0.4, -0.2) is 42.4 Å². The van der Waals surface area contributed by atoms with Gasteiger partial charge in [0, 0.05) is 12.2 Å². The van der Waals surface area contributed by atoms with E-state index in [2.05, 4.69) is 9.24 Å². The van der Waals surface area contributed by atoms with Crippen LogP contribution in [0.5, 0.6) is 0 Å². The lowest BCUT2D eigenvalue weighted by molar-refractivity contribution is 0.0507. The first-order valence-corrected chi connectivity index (χ1v) is 7.28. The van der Waals surface area contributed by atoms with Gasteiger partial charge in [0.05, 0.1) is 11.4 Å². The molecule has 3 N–H and O–H groups in total. The first-order chi connectivity index (χ1) is 6.70. The van der Waals surface area contributed by atoms with Crippen molar-refractivity contribution in [2.24, 2.45) is 5.73 Å². The molecule has 0 aliphatic carbocycles. The highest BCUT2D eigenvalue weighted by Crippen LogP contribution is 2.48. The van der Waals surface area contributed by atoms with Crippen molar-refractivity contribution >= 4 is 24.7 Å². The van der Waals surface area contributed by atoms with Crippen molar-refractivity contribution in [3.63, 3.8) is 0 Å². The Labute approximate surface area is 93.2 Å². The van der Waals surface area contributed by atoms with Gasteiger partial charge in [-0.05, 0) is 6.92 Å². The predicted molar refractivity (Wildman–Crippen MR) is 64.7 cm³/mol. The topological polar surface area (TPSA) is 81.8 Å². The van der Waals surface area contributed by atoms with Crippen LogP contribution in [0.2, 0.25) is 0 Å². The average Bonchev–Trinajstić information content (AvgIpc) is 2.29. The van der Waals surface area contributed by atoms with Crippen LogP contribution in [0.1, 0.15) is 13.8 Å². The summed E-state index contributed by atoms with van der Waals surface area (Å²) in [6.07, 6.45) is -0.784. The Morgan fingerprint density at radius 2 is 2.33 bits per heavy atom. The van der Waals surface area contributed by atoms with E-state index in [9.17, 15) is 9.46 Å². The Hall–Kier alpha value is 0.565. The SMILES string of the molecule is BC1OC(C)[C@H](OP(=O)(O)CC)C1(N)P. The molecule has 1 aliphatic heterocycles. The van der Waals surface area contributed by atoms with Gasteiger partial charge in [-0.1, -0.05) is 6.92 Å². The van der Waals surface area contributed by atoms with Crippen LogP contribution in [0, 0.1) is 0 Å². The van der Waals surface area contributed by atoms with Gasteiger partial charge in [-0.3, -0.25) is 4.57 Å². The lowest BCUT2D eigenvalue weighted by atomic mass is 9.91. The molecule has 1 fully saturated rings. The van der Waals surface area contributed by atoms with Gasteiger partial charge >= 0.3 is 7.60 Å². The normalized spacial score (nSPS) is 45.3. The summed E-state index contributed by atoms with van der Waals surface area (Å²) in [5.74, 6) is 0. The lowest BCUT2D eigenvalue weighted by Gasteiger charge is -2.30. The minimum Gasteiger partial charge on any atom is -0.379 e. The van der Waals surface area contributed by atoms with Crippen LogP contribution < -0.4 is 5.73 Å². The zero-order valence-electron chi connectivity index (χ0n) is 9.21. The van der Waals surface area contributed by atoms with Crippen LogP contribution >= 0.6 is 16.8 Å². The predicted octanol–water partition coefficient (Wildman–Crippen LogP) is -0.515. The van der Waals surface area contributed by atoms with E-state index in [1.54, 1.807) is 13.8 Å². The molecule has 5 unspecified atom stereocenters. The smallest absolute Gasteiger partial charge is 0.328 e. The van der Waals surface area contributed by atoms with Gasteiger partial charge in [0.15, 0.2) is 0 Å². The maximum Gasteiger partial charge on any atom is 0.328 e. The highest BCUT2D eigenvalue weighted by molar-refractivity contribution is 7.52. The summed E-state index contributed by atoms with van der Waals surface area (Å²) in [6, 6.07) is -0.223. The Morgan fingerprint density at radius 3 is 2.67 bits per heavy atom. The standard InChI is InChI=1S/C7H18BNO4P2/c1-3-15(10,11)13-5-4(2)12-6(8)7(5,9)14/h4-6H,3,8-9,14H2,1-2H3,(H,10,11)/t4?,5-,6?,7?/m0/s1. The fourth-order valence-electron chi connectivity index (χ4n) is 1.58. The van der Waals surface area contributed by atoms with Crippen LogP contribution in [0.4, 0.5) is 0 Å². The zero-order valence-corrected chi connectivity index (χ0v) is 11.3.